The van der Waals surface area contributed by atoms with Gasteiger partial charge in [0.25, 0.3) is 0 Å². The highest BCUT2D eigenvalue weighted by Gasteiger charge is 2.15. The second-order valence-corrected chi connectivity index (χ2v) is 4.04. The molecular formula is C8H18N2OS. The third kappa shape index (κ3) is 4.62. The second kappa shape index (κ2) is 6.31. The summed E-state index contributed by atoms with van der Waals surface area (Å²) in [5, 5.41) is 2.78. The fourth-order valence-corrected chi connectivity index (χ4v) is 1.00. The molecule has 0 radical (unpaired) electrons. The van der Waals surface area contributed by atoms with Crippen molar-refractivity contribution >= 4 is 17.7 Å². The maximum Gasteiger partial charge on any atom is 0.237 e. The summed E-state index contributed by atoms with van der Waals surface area (Å²) < 4.78 is 0. The Labute approximate surface area is 78.5 Å². The monoisotopic (exact) mass is 190 g/mol. The van der Waals surface area contributed by atoms with E-state index in [1.54, 1.807) is 11.8 Å². The van der Waals surface area contributed by atoms with E-state index in [9.17, 15) is 4.79 Å². The number of thioether (sulfide) groups is 1. The fraction of sp³-hybridized carbons (Fsp3) is 0.875. The summed E-state index contributed by atoms with van der Waals surface area (Å²) in [5.74, 6) is 1.11. The number of rotatable bonds is 5. The Morgan fingerprint density at radius 1 is 1.58 bits per heavy atom. The highest BCUT2D eigenvalue weighted by atomic mass is 32.2. The minimum Gasteiger partial charge on any atom is -0.354 e. The van der Waals surface area contributed by atoms with Crippen molar-refractivity contribution in [2.75, 3.05) is 18.6 Å². The molecule has 0 aromatic rings. The Bertz CT molecular complexity index is 139. The summed E-state index contributed by atoms with van der Waals surface area (Å²) in [7, 11) is 0. The third-order valence-corrected chi connectivity index (χ3v) is 2.24. The predicted molar refractivity (Wildman–Crippen MR) is 54.2 cm³/mol. The van der Waals surface area contributed by atoms with Gasteiger partial charge < -0.3 is 11.1 Å². The average molecular weight is 190 g/mol. The van der Waals surface area contributed by atoms with Crippen LogP contribution in [-0.2, 0) is 4.79 Å². The molecule has 0 aliphatic carbocycles. The van der Waals surface area contributed by atoms with Crippen LogP contribution in [0.3, 0.4) is 0 Å². The van der Waals surface area contributed by atoms with E-state index in [1.807, 2.05) is 20.1 Å². The molecule has 0 aromatic heterocycles. The van der Waals surface area contributed by atoms with Crippen LogP contribution in [0.5, 0.6) is 0 Å². The largest absolute Gasteiger partial charge is 0.354 e. The molecule has 72 valence electrons. The van der Waals surface area contributed by atoms with Gasteiger partial charge >= 0.3 is 0 Å². The molecule has 0 aliphatic rings. The zero-order valence-corrected chi connectivity index (χ0v) is 8.78. The van der Waals surface area contributed by atoms with Crippen molar-refractivity contribution in [2.45, 2.75) is 19.9 Å². The van der Waals surface area contributed by atoms with E-state index in [0.717, 1.165) is 5.75 Å². The standard InChI is InChI=1S/C8H18N2OS/c1-6(2)7(9)8(11)10-4-5-12-3/h6-7H,4-5,9H2,1-3H3,(H,10,11). The number of carbonyl (C=O) groups is 1. The lowest BCUT2D eigenvalue weighted by Gasteiger charge is -2.14. The molecular weight excluding hydrogens is 172 g/mol. The smallest absolute Gasteiger partial charge is 0.237 e. The average Bonchev–Trinajstić information content (AvgIpc) is 2.03. The third-order valence-electron chi connectivity index (χ3n) is 1.63. The van der Waals surface area contributed by atoms with Gasteiger partial charge in [0.2, 0.25) is 5.91 Å². The molecule has 0 saturated carbocycles. The van der Waals surface area contributed by atoms with Crippen molar-refractivity contribution in [3.8, 4) is 0 Å². The van der Waals surface area contributed by atoms with Crippen molar-refractivity contribution in [3.05, 3.63) is 0 Å². The van der Waals surface area contributed by atoms with Crippen LogP contribution in [0.1, 0.15) is 13.8 Å². The van der Waals surface area contributed by atoms with Gasteiger partial charge in [-0.25, -0.2) is 0 Å². The van der Waals surface area contributed by atoms with Crippen molar-refractivity contribution < 1.29 is 4.79 Å². The van der Waals surface area contributed by atoms with Gasteiger partial charge in [0, 0.05) is 12.3 Å². The normalized spacial score (nSPS) is 13.1. The zero-order chi connectivity index (χ0) is 9.56. The van der Waals surface area contributed by atoms with Crippen LogP contribution in [0.4, 0.5) is 0 Å². The number of amides is 1. The summed E-state index contributed by atoms with van der Waals surface area (Å²) in [4.78, 5) is 11.2. The van der Waals surface area contributed by atoms with Crippen LogP contribution in [0.2, 0.25) is 0 Å². The lowest BCUT2D eigenvalue weighted by molar-refractivity contribution is -0.123. The Hall–Kier alpha value is -0.220. The van der Waals surface area contributed by atoms with Gasteiger partial charge in [-0.05, 0) is 12.2 Å². The first-order valence-corrected chi connectivity index (χ1v) is 5.51. The number of nitrogens with one attached hydrogen (secondary N) is 1. The molecule has 1 unspecified atom stereocenters. The summed E-state index contributed by atoms with van der Waals surface area (Å²) in [6.07, 6.45) is 2.01. The van der Waals surface area contributed by atoms with Crippen molar-refractivity contribution in [3.63, 3.8) is 0 Å². The van der Waals surface area contributed by atoms with Crippen LogP contribution in [-0.4, -0.2) is 30.5 Å². The van der Waals surface area contributed by atoms with Gasteiger partial charge in [0.15, 0.2) is 0 Å². The number of nitrogens with two attached hydrogens (primary N) is 1. The Morgan fingerprint density at radius 2 is 2.17 bits per heavy atom. The Kier molecular flexibility index (Phi) is 6.20. The van der Waals surface area contributed by atoms with E-state index in [4.69, 9.17) is 5.73 Å². The highest BCUT2D eigenvalue weighted by molar-refractivity contribution is 7.98. The zero-order valence-electron chi connectivity index (χ0n) is 7.96. The topological polar surface area (TPSA) is 55.1 Å². The first-order chi connectivity index (χ1) is 5.59. The fourth-order valence-electron chi connectivity index (χ4n) is 0.697. The molecule has 3 nitrogen and oxygen atoms in total. The molecule has 0 saturated heterocycles. The second-order valence-electron chi connectivity index (χ2n) is 3.05. The summed E-state index contributed by atoms with van der Waals surface area (Å²) in [6, 6.07) is -0.369. The van der Waals surface area contributed by atoms with Crippen molar-refractivity contribution in [1.82, 2.24) is 5.32 Å². The molecule has 0 spiro atoms. The van der Waals surface area contributed by atoms with Crippen LogP contribution in [0.15, 0.2) is 0 Å². The van der Waals surface area contributed by atoms with E-state index < -0.39 is 0 Å². The van der Waals surface area contributed by atoms with E-state index >= 15 is 0 Å². The first kappa shape index (κ1) is 11.8. The first-order valence-electron chi connectivity index (χ1n) is 4.11. The molecule has 0 heterocycles. The van der Waals surface area contributed by atoms with Gasteiger partial charge in [-0.1, -0.05) is 13.8 Å². The van der Waals surface area contributed by atoms with Crippen LogP contribution >= 0.6 is 11.8 Å². The van der Waals surface area contributed by atoms with Crippen LogP contribution < -0.4 is 11.1 Å². The number of hydrogen-bond donors (Lipinski definition) is 2. The lowest BCUT2D eigenvalue weighted by Crippen LogP contribution is -2.44. The summed E-state index contributed by atoms with van der Waals surface area (Å²) in [6.45, 7) is 4.60. The Morgan fingerprint density at radius 3 is 2.58 bits per heavy atom. The maximum absolute atomic E-state index is 11.2. The molecule has 0 aromatic carbocycles. The van der Waals surface area contributed by atoms with E-state index in [1.165, 1.54) is 0 Å². The SMILES string of the molecule is CSCCNC(=O)C(N)C(C)C. The quantitative estimate of drug-likeness (QED) is 0.619. The molecule has 0 aliphatic heterocycles. The molecule has 1 atom stereocenters. The van der Waals surface area contributed by atoms with E-state index in [-0.39, 0.29) is 17.9 Å². The van der Waals surface area contributed by atoms with Crippen molar-refractivity contribution in [2.24, 2.45) is 11.7 Å². The van der Waals surface area contributed by atoms with Gasteiger partial charge in [-0.3, -0.25) is 4.79 Å². The number of carbonyl (C=O) groups excluding carboxylic acids is 1. The predicted octanol–water partition coefficient (Wildman–Crippen LogP) is 0.449. The van der Waals surface area contributed by atoms with Gasteiger partial charge in [0.05, 0.1) is 6.04 Å². The molecule has 3 N–H and O–H groups in total. The minimum atomic E-state index is -0.369. The van der Waals surface area contributed by atoms with Crippen molar-refractivity contribution in [1.29, 1.82) is 0 Å². The molecule has 12 heavy (non-hydrogen) atoms. The lowest BCUT2D eigenvalue weighted by atomic mass is 10.1. The maximum atomic E-state index is 11.2. The van der Waals surface area contributed by atoms with E-state index in [2.05, 4.69) is 5.32 Å². The van der Waals surface area contributed by atoms with Gasteiger partial charge in [-0.2, -0.15) is 11.8 Å². The van der Waals surface area contributed by atoms with Gasteiger partial charge in [0.1, 0.15) is 0 Å². The summed E-state index contributed by atoms with van der Waals surface area (Å²) >= 11 is 1.71. The van der Waals surface area contributed by atoms with E-state index in [0.29, 0.717) is 6.54 Å². The highest BCUT2D eigenvalue weighted by Crippen LogP contribution is 1.97. The molecule has 0 bridgehead atoms. The molecule has 4 heteroatoms. The van der Waals surface area contributed by atoms with Crippen LogP contribution in [0, 0.1) is 5.92 Å². The minimum absolute atomic E-state index is 0.0425. The number of hydrogen-bond acceptors (Lipinski definition) is 3. The van der Waals surface area contributed by atoms with Gasteiger partial charge in [-0.15, -0.1) is 0 Å². The molecule has 0 fully saturated rings. The van der Waals surface area contributed by atoms with Crippen LogP contribution in [0.25, 0.3) is 0 Å². The Balaban J connectivity index is 3.57. The summed E-state index contributed by atoms with van der Waals surface area (Å²) in [5.41, 5.74) is 5.62. The molecule has 0 rings (SSSR count). The molecule has 1 amide bonds.